The third-order valence-corrected chi connectivity index (χ3v) is 4.68. The monoisotopic (exact) mass is 230 g/mol. The van der Waals surface area contributed by atoms with Crippen molar-refractivity contribution in [2.75, 3.05) is 5.75 Å². The molecule has 1 aromatic carbocycles. The van der Waals surface area contributed by atoms with Gasteiger partial charge in [0.05, 0.1) is 10.6 Å². The maximum atomic E-state index is 11.6. The molecule has 0 amide bonds. The van der Waals surface area contributed by atoms with Crippen molar-refractivity contribution in [3.05, 3.63) is 29.3 Å². The highest BCUT2D eigenvalue weighted by Crippen LogP contribution is 2.26. The fraction of sp³-hybridized carbons (Fsp3) is 0.400. The van der Waals surface area contributed by atoms with Gasteiger partial charge in [-0.1, -0.05) is 12.1 Å². The summed E-state index contributed by atoms with van der Waals surface area (Å²) in [4.78, 5) is 0.498. The van der Waals surface area contributed by atoms with Crippen LogP contribution in [0, 0.1) is 0 Å². The zero-order valence-corrected chi connectivity index (χ0v) is 9.24. The zero-order chi connectivity index (χ0) is 10.2. The van der Waals surface area contributed by atoms with Gasteiger partial charge in [-0.2, -0.15) is 0 Å². The smallest absolute Gasteiger partial charge is 0.178 e. The number of sulfone groups is 1. The Kier molecular flexibility index (Phi) is 2.54. The van der Waals surface area contributed by atoms with Crippen molar-refractivity contribution in [3.8, 4) is 0 Å². The number of hydrogen-bond acceptors (Lipinski definition) is 2. The fourth-order valence-corrected chi connectivity index (χ4v) is 3.52. The molecule has 0 bridgehead atoms. The van der Waals surface area contributed by atoms with Crippen molar-refractivity contribution in [1.82, 2.24) is 0 Å². The molecule has 0 saturated carbocycles. The summed E-state index contributed by atoms with van der Waals surface area (Å²) in [6.45, 7) is 0. The fourth-order valence-electron chi connectivity index (χ4n) is 1.78. The molecule has 0 spiro atoms. The van der Waals surface area contributed by atoms with Crippen LogP contribution in [0.3, 0.4) is 0 Å². The van der Waals surface area contributed by atoms with Crippen LogP contribution in [-0.4, -0.2) is 14.2 Å². The van der Waals surface area contributed by atoms with Crippen molar-refractivity contribution >= 4 is 21.4 Å². The van der Waals surface area contributed by atoms with E-state index in [0.29, 0.717) is 10.8 Å². The Balaban J connectivity index is 2.58. The van der Waals surface area contributed by atoms with Gasteiger partial charge in [0.2, 0.25) is 0 Å². The Morgan fingerprint density at radius 3 is 2.86 bits per heavy atom. The Bertz CT molecular complexity index is 451. The summed E-state index contributed by atoms with van der Waals surface area (Å²) >= 11 is 5.69. The second kappa shape index (κ2) is 3.55. The minimum absolute atomic E-state index is 0.278. The van der Waals surface area contributed by atoms with Crippen molar-refractivity contribution in [2.45, 2.75) is 23.6 Å². The van der Waals surface area contributed by atoms with Gasteiger partial charge >= 0.3 is 0 Å². The molecule has 0 atom stereocenters. The molecule has 1 aliphatic heterocycles. The zero-order valence-electron chi connectivity index (χ0n) is 7.66. The van der Waals surface area contributed by atoms with E-state index in [1.807, 2.05) is 6.07 Å². The molecule has 14 heavy (non-hydrogen) atoms. The molecule has 2 nitrogen and oxygen atoms in total. The summed E-state index contributed by atoms with van der Waals surface area (Å²) in [6, 6.07) is 5.37. The van der Waals surface area contributed by atoms with E-state index >= 15 is 0 Å². The first-order valence-corrected chi connectivity index (χ1v) is 6.73. The third kappa shape index (κ3) is 1.66. The van der Waals surface area contributed by atoms with Gasteiger partial charge in [-0.05, 0) is 30.0 Å². The van der Waals surface area contributed by atoms with Gasteiger partial charge in [-0.25, -0.2) is 8.42 Å². The van der Waals surface area contributed by atoms with Crippen molar-refractivity contribution in [3.63, 3.8) is 0 Å². The molecule has 4 heteroatoms. The first-order valence-electron chi connectivity index (χ1n) is 4.54. The lowest BCUT2D eigenvalue weighted by atomic mass is 10.1. The second-order valence-corrected chi connectivity index (χ2v) is 5.84. The van der Waals surface area contributed by atoms with Crippen molar-refractivity contribution < 1.29 is 8.42 Å². The molecule has 0 radical (unpaired) electrons. The molecule has 2 rings (SSSR count). The average molecular weight is 231 g/mol. The van der Waals surface area contributed by atoms with E-state index in [-0.39, 0.29) is 5.75 Å². The van der Waals surface area contributed by atoms with Gasteiger partial charge in [0.25, 0.3) is 0 Å². The molecular formula is C10H11ClO2S. The summed E-state index contributed by atoms with van der Waals surface area (Å²) in [7, 11) is -3.01. The summed E-state index contributed by atoms with van der Waals surface area (Å²) in [6.07, 6.45) is 1.57. The Hall–Kier alpha value is -0.540. The Morgan fingerprint density at radius 1 is 1.36 bits per heavy atom. The predicted molar refractivity (Wildman–Crippen MR) is 56.4 cm³/mol. The molecule has 0 aliphatic carbocycles. The summed E-state index contributed by atoms with van der Waals surface area (Å²) in [5, 5.41) is 0. The van der Waals surface area contributed by atoms with Crippen LogP contribution >= 0.6 is 11.6 Å². The van der Waals surface area contributed by atoms with Crippen molar-refractivity contribution in [2.24, 2.45) is 0 Å². The molecule has 0 fully saturated rings. The third-order valence-electron chi connectivity index (χ3n) is 2.47. The van der Waals surface area contributed by atoms with Gasteiger partial charge < -0.3 is 0 Å². The Labute approximate surface area is 88.8 Å². The summed E-state index contributed by atoms with van der Waals surface area (Å²) < 4.78 is 23.3. The number of hydrogen-bond donors (Lipinski definition) is 0. The lowest BCUT2D eigenvalue weighted by Gasteiger charge is -2.16. The standard InChI is InChI=1S/C10H11ClO2S/c11-7-8-3-4-10-9(6-8)2-1-5-14(10,12)13/h3-4,6H,1-2,5,7H2. The maximum Gasteiger partial charge on any atom is 0.178 e. The van der Waals surface area contributed by atoms with E-state index in [2.05, 4.69) is 0 Å². The van der Waals surface area contributed by atoms with Crippen LogP contribution in [0.1, 0.15) is 17.5 Å². The van der Waals surface area contributed by atoms with E-state index in [9.17, 15) is 8.42 Å². The van der Waals surface area contributed by atoms with Crippen LogP contribution in [0.4, 0.5) is 0 Å². The first kappa shape index (κ1) is 9.99. The molecule has 1 aromatic rings. The molecule has 1 heterocycles. The second-order valence-electron chi connectivity index (χ2n) is 3.50. The normalized spacial score (nSPS) is 18.9. The van der Waals surface area contributed by atoms with E-state index in [1.165, 1.54) is 0 Å². The lowest BCUT2D eigenvalue weighted by molar-refractivity contribution is 0.586. The number of aryl methyl sites for hydroxylation is 1. The van der Waals surface area contributed by atoms with Crippen LogP contribution in [-0.2, 0) is 22.1 Å². The van der Waals surface area contributed by atoms with E-state index in [0.717, 1.165) is 24.0 Å². The minimum Gasteiger partial charge on any atom is -0.224 e. The van der Waals surface area contributed by atoms with Gasteiger partial charge in [0, 0.05) is 5.88 Å². The number of halogens is 1. The highest BCUT2D eigenvalue weighted by Gasteiger charge is 2.22. The van der Waals surface area contributed by atoms with Crippen LogP contribution in [0.25, 0.3) is 0 Å². The molecule has 1 aliphatic rings. The van der Waals surface area contributed by atoms with Crippen molar-refractivity contribution in [1.29, 1.82) is 0 Å². The molecule has 0 N–H and O–H groups in total. The maximum absolute atomic E-state index is 11.6. The Morgan fingerprint density at radius 2 is 2.14 bits per heavy atom. The summed E-state index contributed by atoms with van der Waals surface area (Å²) in [5.74, 6) is 0.716. The molecule has 0 unspecified atom stereocenters. The lowest BCUT2D eigenvalue weighted by Crippen LogP contribution is -2.16. The first-order chi connectivity index (χ1) is 6.63. The van der Waals surface area contributed by atoms with Crippen LogP contribution in [0.5, 0.6) is 0 Å². The number of rotatable bonds is 1. The molecule has 76 valence electrons. The quantitative estimate of drug-likeness (QED) is 0.693. The van der Waals surface area contributed by atoms with Gasteiger partial charge in [-0.3, -0.25) is 0 Å². The SMILES string of the molecule is O=S1(=O)CCCc2cc(CCl)ccc21. The topological polar surface area (TPSA) is 34.1 Å². The van der Waals surface area contributed by atoms with Crippen LogP contribution in [0.15, 0.2) is 23.1 Å². The minimum atomic E-state index is -3.01. The molecule has 0 aromatic heterocycles. The van der Waals surface area contributed by atoms with E-state index in [4.69, 9.17) is 11.6 Å². The number of alkyl halides is 1. The van der Waals surface area contributed by atoms with Gasteiger partial charge in [-0.15, -0.1) is 11.6 Å². The predicted octanol–water partition coefficient (Wildman–Crippen LogP) is 2.15. The van der Waals surface area contributed by atoms with Crippen LogP contribution in [0.2, 0.25) is 0 Å². The number of benzene rings is 1. The van der Waals surface area contributed by atoms with E-state index < -0.39 is 9.84 Å². The van der Waals surface area contributed by atoms with Crippen LogP contribution < -0.4 is 0 Å². The molecular weight excluding hydrogens is 220 g/mol. The molecule has 0 saturated heterocycles. The van der Waals surface area contributed by atoms with Gasteiger partial charge in [0.1, 0.15) is 0 Å². The highest BCUT2D eigenvalue weighted by molar-refractivity contribution is 7.91. The summed E-state index contributed by atoms with van der Waals surface area (Å²) in [5.41, 5.74) is 1.91. The highest BCUT2D eigenvalue weighted by atomic mass is 35.5. The average Bonchev–Trinajstić information content (AvgIpc) is 2.16. The number of fused-ring (bicyclic) bond motifs is 1. The van der Waals surface area contributed by atoms with Gasteiger partial charge in [0.15, 0.2) is 9.84 Å². The largest absolute Gasteiger partial charge is 0.224 e. The van der Waals surface area contributed by atoms with E-state index in [1.54, 1.807) is 12.1 Å².